The molecule has 1 amide bonds. The normalized spacial score (nSPS) is 15.4. The molecule has 1 heterocycles. The van der Waals surface area contributed by atoms with E-state index in [1.807, 2.05) is 25.1 Å². The summed E-state index contributed by atoms with van der Waals surface area (Å²) in [7, 11) is -3.67. The van der Waals surface area contributed by atoms with Gasteiger partial charge in [-0.1, -0.05) is 30.7 Å². The van der Waals surface area contributed by atoms with Crippen LogP contribution in [0.15, 0.2) is 48.5 Å². The Morgan fingerprint density at radius 3 is 2.46 bits per heavy atom. The number of aryl methyl sites for hydroxylation is 1. The third kappa shape index (κ3) is 4.42. The van der Waals surface area contributed by atoms with E-state index in [4.69, 9.17) is 0 Å². The molecule has 0 unspecified atom stereocenters. The van der Waals surface area contributed by atoms with E-state index in [2.05, 4.69) is 10.0 Å². The first-order valence-electron chi connectivity index (χ1n) is 8.71. The number of benzene rings is 2. The van der Waals surface area contributed by atoms with E-state index in [1.165, 1.54) is 4.31 Å². The lowest BCUT2D eigenvalue weighted by Gasteiger charge is -2.26. The van der Waals surface area contributed by atoms with Gasteiger partial charge in [-0.05, 0) is 49.6 Å². The largest absolute Gasteiger partial charge is 0.322 e. The van der Waals surface area contributed by atoms with Crippen molar-refractivity contribution in [3.05, 3.63) is 59.7 Å². The molecule has 3 rings (SSSR count). The van der Waals surface area contributed by atoms with Crippen molar-refractivity contribution in [3.8, 4) is 0 Å². The molecule has 0 radical (unpaired) electrons. The smallest absolute Gasteiger partial charge is 0.301 e. The highest BCUT2D eigenvalue weighted by Crippen LogP contribution is 2.21. The lowest BCUT2D eigenvalue weighted by Crippen LogP contribution is -2.39. The van der Waals surface area contributed by atoms with Crippen molar-refractivity contribution in [2.75, 3.05) is 23.1 Å². The number of hydrogen-bond donors (Lipinski definition) is 2. The molecular weight excluding hydrogens is 350 g/mol. The Bertz CT molecular complexity index is 890. The van der Waals surface area contributed by atoms with Crippen molar-refractivity contribution in [2.24, 2.45) is 0 Å². The van der Waals surface area contributed by atoms with Gasteiger partial charge in [0.15, 0.2) is 0 Å². The Morgan fingerprint density at radius 2 is 1.73 bits per heavy atom. The number of rotatable bonds is 5. The zero-order valence-electron chi connectivity index (χ0n) is 14.7. The summed E-state index contributed by atoms with van der Waals surface area (Å²) >= 11 is 0. The molecule has 2 N–H and O–H groups in total. The second-order valence-corrected chi connectivity index (χ2v) is 8.11. The van der Waals surface area contributed by atoms with Crippen molar-refractivity contribution in [1.82, 2.24) is 4.31 Å². The number of carbonyl (C=O) groups excluding carboxylic acids is 1. The van der Waals surface area contributed by atoms with Gasteiger partial charge in [-0.2, -0.15) is 12.7 Å². The van der Waals surface area contributed by atoms with Crippen LogP contribution >= 0.6 is 0 Å². The van der Waals surface area contributed by atoms with Crippen LogP contribution in [0, 0.1) is 6.92 Å². The maximum Gasteiger partial charge on any atom is 0.301 e. The molecule has 1 aliphatic heterocycles. The predicted molar refractivity (Wildman–Crippen MR) is 104 cm³/mol. The SMILES string of the molecule is Cc1cccc(NC(=O)c2ccccc2NS(=O)(=O)N2CCCCC2)c1. The number of piperidine rings is 1. The summed E-state index contributed by atoms with van der Waals surface area (Å²) in [6, 6.07) is 14.1. The summed E-state index contributed by atoms with van der Waals surface area (Å²) in [5, 5.41) is 2.82. The number of amides is 1. The number of nitrogens with one attached hydrogen (secondary N) is 2. The molecule has 6 nitrogen and oxygen atoms in total. The van der Waals surface area contributed by atoms with Crippen LogP contribution in [0.1, 0.15) is 35.2 Å². The van der Waals surface area contributed by atoms with Gasteiger partial charge in [0.1, 0.15) is 0 Å². The average molecular weight is 373 g/mol. The minimum Gasteiger partial charge on any atom is -0.322 e. The first kappa shape index (κ1) is 18.4. The first-order chi connectivity index (χ1) is 12.5. The van der Waals surface area contributed by atoms with Gasteiger partial charge in [0.25, 0.3) is 5.91 Å². The second kappa shape index (κ2) is 7.88. The molecule has 0 saturated carbocycles. The Balaban J connectivity index is 1.80. The summed E-state index contributed by atoms with van der Waals surface area (Å²) in [5.74, 6) is -0.354. The molecule has 1 fully saturated rings. The third-order valence-corrected chi connectivity index (χ3v) is 5.86. The Morgan fingerprint density at radius 1 is 1.00 bits per heavy atom. The van der Waals surface area contributed by atoms with Gasteiger partial charge in [0.05, 0.1) is 11.3 Å². The molecular formula is C19H23N3O3S. The van der Waals surface area contributed by atoms with E-state index in [0.29, 0.717) is 18.8 Å². The lowest BCUT2D eigenvalue weighted by molar-refractivity contribution is 0.102. The van der Waals surface area contributed by atoms with E-state index in [0.717, 1.165) is 24.8 Å². The molecule has 2 aromatic carbocycles. The summed E-state index contributed by atoms with van der Waals surface area (Å²) in [6.45, 7) is 2.95. The molecule has 138 valence electrons. The summed E-state index contributed by atoms with van der Waals surface area (Å²) in [5.41, 5.74) is 2.27. The third-order valence-electron chi connectivity index (χ3n) is 4.34. The van der Waals surface area contributed by atoms with Gasteiger partial charge in [-0.15, -0.1) is 0 Å². The quantitative estimate of drug-likeness (QED) is 0.843. The van der Waals surface area contributed by atoms with Crippen LogP contribution in [-0.4, -0.2) is 31.7 Å². The van der Waals surface area contributed by atoms with Crippen molar-refractivity contribution in [3.63, 3.8) is 0 Å². The van der Waals surface area contributed by atoms with E-state index in [-0.39, 0.29) is 17.2 Å². The van der Waals surface area contributed by atoms with Gasteiger partial charge in [-0.3, -0.25) is 9.52 Å². The van der Waals surface area contributed by atoms with E-state index < -0.39 is 10.2 Å². The van der Waals surface area contributed by atoms with Crippen LogP contribution in [0.2, 0.25) is 0 Å². The molecule has 26 heavy (non-hydrogen) atoms. The van der Waals surface area contributed by atoms with Gasteiger partial charge in [0, 0.05) is 18.8 Å². The predicted octanol–water partition coefficient (Wildman–Crippen LogP) is 3.39. The van der Waals surface area contributed by atoms with Crippen LogP contribution in [-0.2, 0) is 10.2 Å². The van der Waals surface area contributed by atoms with Crippen molar-refractivity contribution in [2.45, 2.75) is 26.2 Å². The van der Waals surface area contributed by atoms with Crippen molar-refractivity contribution >= 4 is 27.5 Å². The molecule has 2 aromatic rings. The zero-order valence-corrected chi connectivity index (χ0v) is 15.6. The number of anilines is 2. The fourth-order valence-electron chi connectivity index (χ4n) is 3.00. The van der Waals surface area contributed by atoms with Crippen LogP contribution in [0.5, 0.6) is 0 Å². The van der Waals surface area contributed by atoms with Crippen molar-refractivity contribution in [1.29, 1.82) is 0 Å². The number of hydrogen-bond acceptors (Lipinski definition) is 3. The molecule has 0 spiro atoms. The van der Waals surface area contributed by atoms with Crippen LogP contribution < -0.4 is 10.0 Å². The highest BCUT2D eigenvalue weighted by Gasteiger charge is 2.25. The van der Waals surface area contributed by atoms with Gasteiger partial charge < -0.3 is 5.32 Å². The standard InChI is InChI=1S/C19H23N3O3S/c1-15-8-7-9-16(14-15)20-19(23)17-10-3-4-11-18(17)21-26(24,25)22-12-5-2-6-13-22/h3-4,7-11,14,21H,2,5-6,12-13H2,1H3,(H,20,23). The van der Waals surface area contributed by atoms with E-state index >= 15 is 0 Å². The number of nitrogens with zero attached hydrogens (tertiary/aromatic N) is 1. The minimum absolute atomic E-state index is 0.281. The van der Waals surface area contributed by atoms with E-state index in [9.17, 15) is 13.2 Å². The topological polar surface area (TPSA) is 78.5 Å². The fraction of sp³-hybridized carbons (Fsp3) is 0.316. The highest BCUT2D eigenvalue weighted by molar-refractivity contribution is 7.90. The second-order valence-electron chi connectivity index (χ2n) is 6.44. The van der Waals surface area contributed by atoms with Crippen LogP contribution in [0.4, 0.5) is 11.4 Å². The molecule has 1 aliphatic rings. The van der Waals surface area contributed by atoms with Crippen LogP contribution in [0.25, 0.3) is 0 Å². The van der Waals surface area contributed by atoms with E-state index in [1.54, 1.807) is 30.3 Å². The Kier molecular flexibility index (Phi) is 5.58. The van der Waals surface area contributed by atoms with Gasteiger partial charge >= 0.3 is 10.2 Å². The summed E-state index contributed by atoms with van der Waals surface area (Å²) < 4.78 is 29.2. The maximum absolute atomic E-state index is 12.6. The molecule has 7 heteroatoms. The molecule has 0 bridgehead atoms. The summed E-state index contributed by atoms with van der Waals surface area (Å²) in [4.78, 5) is 12.6. The monoisotopic (exact) mass is 373 g/mol. The summed E-state index contributed by atoms with van der Waals surface area (Å²) in [6.07, 6.45) is 2.76. The molecule has 0 aliphatic carbocycles. The van der Waals surface area contributed by atoms with Gasteiger partial charge in [0.2, 0.25) is 0 Å². The van der Waals surface area contributed by atoms with Crippen molar-refractivity contribution < 1.29 is 13.2 Å². The number of carbonyl (C=O) groups is 1. The molecule has 0 atom stereocenters. The Labute approximate surface area is 154 Å². The minimum atomic E-state index is -3.67. The fourth-order valence-corrected chi connectivity index (χ4v) is 4.32. The van der Waals surface area contributed by atoms with Crippen LogP contribution in [0.3, 0.4) is 0 Å². The Hall–Kier alpha value is -2.38. The molecule has 0 aromatic heterocycles. The molecule has 1 saturated heterocycles. The highest BCUT2D eigenvalue weighted by atomic mass is 32.2. The maximum atomic E-state index is 12.6. The lowest BCUT2D eigenvalue weighted by atomic mass is 10.1. The average Bonchev–Trinajstić information content (AvgIpc) is 2.62. The zero-order chi connectivity index (χ0) is 18.6. The number of para-hydroxylation sites is 1. The van der Waals surface area contributed by atoms with Gasteiger partial charge in [-0.25, -0.2) is 0 Å². The first-order valence-corrected chi connectivity index (χ1v) is 10.1.